The van der Waals surface area contributed by atoms with E-state index in [9.17, 15) is 4.79 Å². The molecule has 8 heteroatoms. The van der Waals surface area contributed by atoms with Crippen LogP contribution in [0.4, 0.5) is 17.3 Å². The van der Waals surface area contributed by atoms with Gasteiger partial charge in [-0.2, -0.15) is 5.10 Å². The fraction of sp³-hybridized carbons (Fsp3) is 0.200. The van der Waals surface area contributed by atoms with Crippen molar-refractivity contribution in [2.75, 3.05) is 10.6 Å². The van der Waals surface area contributed by atoms with Gasteiger partial charge in [-0.3, -0.25) is 9.48 Å². The minimum Gasteiger partial charge on any atom is -0.326 e. The van der Waals surface area contributed by atoms with Crippen LogP contribution in [0.15, 0.2) is 55.0 Å². The van der Waals surface area contributed by atoms with E-state index >= 15 is 0 Å². The second-order valence-electron chi connectivity index (χ2n) is 6.89. The van der Waals surface area contributed by atoms with Gasteiger partial charge in [0.05, 0.1) is 23.6 Å². The lowest BCUT2D eigenvalue weighted by Gasteiger charge is -2.10. The summed E-state index contributed by atoms with van der Waals surface area (Å²) in [6.07, 6.45) is 5.51. The molecule has 1 aromatic carbocycles. The zero-order valence-corrected chi connectivity index (χ0v) is 15.9. The van der Waals surface area contributed by atoms with Crippen LogP contribution in [0.25, 0.3) is 16.8 Å². The number of carbonyl (C=O) groups excluding carboxylic acids is 1. The maximum atomic E-state index is 11.9. The van der Waals surface area contributed by atoms with Crippen LogP contribution in [0.2, 0.25) is 0 Å². The predicted octanol–water partition coefficient (Wildman–Crippen LogP) is 3.47. The van der Waals surface area contributed by atoms with Crippen molar-refractivity contribution >= 4 is 28.7 Å². The van der Waals surface area contributed by atoms with Gasteiger partial charge >= 0.3 is 0 Å². The molecule has 3 aromatic heterocycles. The highest BCUT2D eigenvalue weighted by atomic mass is 16.1. The lowest BCUT2D eigenvalue weighted by atomic mass is 10.2. The van der Waals surface area contributed by atoms with Gasteiger partial charge in [-0.25, -0.2) is 9.50 Å². The summed E-state index contributed by atoms with van der Waals surface area (Å²) in [5, 5.41) is 14.9. The Bertz CT molecular complexity index is 1140. The average molecular weight is 375 g/mol. The van der Waals surface area contributed by atoms with E-state index in [1.54, 1.807) is 17.1 Å². The number of anilines is 3. The van der Waals surface area contributed by atoms with Gasteiger partial charge in [0.1, 0.15) is 0 Å². The Kier molecular flexibility index (Phi) is 4.52. The SMILES string of the molecule is CC(C)C(=O)Nc1cccc(Nc2ncc3ccc(-c4cnn(C)c4)n3n2)c1. The molecule has 0 aliphatic rings. The Morgan fingerprint density at radius 3 is 2.68 bits per heavy atom. The number of rotatable bonds is 5. The molecule has 0 aliphatic carbocycles. The van der Waals surface area contributed by atoms with Gasteiger partial charge in [0.15, 0.2) is 0 Å². The molecule has 0 fully saturated rings. The summed E-state index contributed by atoms with van der Waals surface area (Å²) >= 11 is 0. The molecule has 142 valence electrons. The van der Waals surface area contributed by atoms with Gasteiger partial charge in [0, 0.05) is 36.1 Å². The number of aryl methyl sites for hydroxylation is 1. The number of benzene rings is 1. The minimum absolute atomic E-state index is 0.0247. The summed E-state index contributed by atoms with van der Waals surface area (Å²) < 4.78 is 3.59. The van der Waals surface area contributed by atoms with Crippen LogP contribution >= 0.6 is 0 Å². The molecule has 0 saturated carbocycles. The quantitative estimate of drug-likeness (QED) is 0.558. The Balaban J connectivity index is 1.61. The number of nitrogens with one attached hydrogen (secondary N) is 2. The van der Waals surface area contributed by atoms with Crippen LogP contribution in [0.1, 0.15) is 13.8 Å². The van der Waals surface area contributed by atoms with Crippen LogP contribution < -0.4 is 10.6 Å². The molecular weight excluding hydrogens is 354 g/mol. The molecule has 0 atom stereocenters. The second-order valence-corrected chi connectivity index (χ2v) is 6.89. The minimum atomic E-state index is -0.0815. The van der Waals surface area contributed by atoms with E-state index < -0.39 is 0 Å². The second kappa shape index (κ2) is 7.15. The van der Waals surface area contributed by atoms with Crippen molar-refractivity contribution in [3.63, 3.8) is 0 Å². The molecular formula is C20H21N7O. The van der Waals surface area contributed by atoms with Gasteiger partial charge in [0.25, 0.3) is 0 Å². The number of aromatic nitrogens is 5. The zero-order chi connectivity index (χ0) is 19.7. The number of hydrogen-bond acceptors (Lipinski definition) is 5. The maximum Gasteiger partial charge on any atom is 0.245 e. The van der Waals surface area contributed by atoms with E-state index in [1.165, 1.54) is 0 Å². The van der Waals surface area contributed by atoms with Gasteiger partial charge in [0.2, 0.25) is 11.9 Å². The van der Waals surface area contributed by atoms with Crippen molar-refractivity contribution in [3.8, 4) is 11.3 Å². The maximum absolute atomic E-state index is 11.9. The molecule has 0 radical (unpaired) electrons. The van der Waals surface area contributed by atoms with Crippen molar-refractivity contribution in [2.24, 2.45) is 13.0 Å². The summed E-state index contributed by atoms with van der Waals surface area (Å²) in [6, 6.07) is 11.4. The highest BCUT2D eigenvalue weighted by Crippen LogP contribution is 2.23. The third kappa shape index (κ3) is 3.57. The molecule has 2 N–H and O–H groups in total. The fourth-order valence-electron chi connectivity index (χ4n) is 2.82. The molecule has 0 unspecified atom stereocenters. The molecule has 1 amide bonds. The molecule has 4 aromatic rings. The molecule has 0 aliphatic heterocycles. The van der Waals surface area contributed by atoms with Crippen LogP contribution in [0.3, 0.4) is 0 Å². The molecule has 28 heavy (non-hydrogen) atoms. The summed E-state index contributed by atoms with van der Waals surface area (Å²) in [7, 11) is 1.88. The highest BCUT2D eigenvalue weighted by molar-refractivity contribution is 5.92. The molecule has 3 heterocycles. The summed E-state index contributed by atoms with van der Waals surface area (Å²) in [5.74, 6) is 0.353. The predicted molar refractivity (Wildman–Crippen MR) is 108 cm³/mol. The highest BCUT2D eigenvalue weighted by Gasteiger charge is 2.10. The molecule has 0 saturated heterocycles. The Morgan fingerprint density at radius 2 is 1.93 bits per heavy atom. The number of carbonyl (C=O) groups is 1. The summed E-state index contributed by atoms with van der Waals surface area (Å²) in [5.41, 5.74) is 4.32. The summed E-state index contributed by atoms with van der Waals surface area (Å²) in [6.45, 7) is 3.72. The van der Waals surface area contributed by atoms with Crippen LogP contribution in [0, 0.1) is 5.92 Å². The van der Waals surface area contributed by atoms with E-state index in [1.807, 2.05) is 68.0 Å². The van der Waals surface area contributed by atoms with E-state index in [4.69, 9.17) is 0 Å². The molecule has 8 nitrogen and oxygen atoms in total. The first-order valence-corrected chi connectivity index (χ1v) is 9.01. The first kappa shape index (κ1) is 17.7. The smallest absolute Gasteiger partial charge is 0.245 e. The zero-order valence-electron chi connectivity index (χ0n) is 15.9. The first-order valence-electron chi connectivity index (χ1n) is 9.01. The van der Waals surface area contributed by atoms with E-state index in [0.717, 1.165) is 28.1 Å². The normalized spacial score (nSPS) is 11.1. The van der Waals surface area contributed by atoms with E-state index in [2.05, 4.69) is 25.8 Å². The largest absolute Gasteiger partial charge is 0.326 e. The fourth-order valence-corrected chi connectivity index (χ4v) is 2.82. The topological polar surface area (TPSA) is 89.1 Å². The number of fused-ring (bicyclic) bond motifs is 1. The van der Waals surface area contributed by atoms with Crippen LogP contribution in [-0.2, 0) is 11.8 Å². The lowest BCUT2D eigenvalue weighted by Crippen LogP contribution is -2.17. The molecule has 0 bridgehead atoms. The van der Waals surface area contributed by atoms with Crippen molar-refractivity contribution in [1.82, 2.24) is 24.4 Å². The van der Waals surface area contributed by atoms with Crippen molar-refractivity contribution < 1.29 is 4.79 Å². The molecule has 0 spiro atoms. The Labute approximate surface area is 162 Å². The van der Waals surface area contributed by atoms with Gasteiger partial charge < -0.3 is 10.6 Å². The average Bonchev–Trinajstić information content (AvgIpc) is 3.27. The van der Waals surface area contributed by atoms with Gasteiger partial charge in [-0.05, 0) is 30.3 Å². The van der Waals surface area contributed by atoms with Gasteiger partial charge in [-0.15, -0.1) is 5.10 Å². The summed E-state index contributed by atoms with van der Waals surface area (Å²) in [4.78, 5) is 16.3. The van der Waals surface area contributed by atoms with E-state index in [-0.39, 0.29) is 11.8 Å². The monoisotopic (exact) mass is 375 g/mol. The molecule has 4 rings (SSSR count). The number of nitrogens with zero attached hydrogens (tertiary/aromatic N) is 5. The van der Waals surface area contributed by atoms with Crippen molar-refractivity contribution in [3.05, 3.63) is 55.0 Å². The van der Waals surface area contributed by atoms with Crippen molar-refractivity contribution in [2.45, 2.75) is 13.8 Å². The standard InChI is InChI=1S/C20H21N7O/c1-13(2)19(28)23-15-5-4-6-16(9-15)24-20-21-11-17-7-8-18(27(17)25-20)14-10-22-26(3)12-14/h4-13H,1-3H3,(H,23,28)(H,24,25). The number of hydrogen-bond donors (Lipinski definition) is 2. The first-order chi connectivity index (χ1) is 13.5. The Morgan fingerprint density at radius 1 is 1.11 bits per heavy atom. The van der Waals surface area contributed by atoms with E-state index in [0.29, 0.717) is 5.95 Å². The van der Waals surface area contributed by atoms with Crippen LogP contribution in [0.5, 0.6) is 0 Å². The lowest BCUT2D eigenvalue weighted by molar-refractivity contribution is -0.118. The third-order valence-electron chi connectivity index (χ3n) is 4.31. The third-order valence-corrected chi connectivity index (χ3v) is 4.31. The van der Waals surface area contributed by atoms with Crippen molar-refractivity contribution in [1.29, 1.82) is 0 Å². The van der Waals surface area contributed by atoms with Crippen LogP contribution in [-0.4, -0.2) is 30.3 Å². The number of amides is 1. The van der Waals surface area contributed by atoms with Gasteiger partial charge in [-0.1, -0.05) is 19.9 Å². The Hall–Kier alpha value is -3.68.